The molecule has 0 bridgehead atoms. The van der Waals surface area contributed by atoms with E-state index in [4.69, 9.17) is 14.6 Å². The zero-order valence-corrected chi connectivity index (χ0v) is 12.2. The van der Waals surface area contributed by atoms with Gasteiger partial charge < -0.3 is 14.6 Å². The van der Waals surface area contributed by atoms with Gasteiger partial charge in [-0.25, -0.2) is 0 Å². The summed E-state index contributed by atoms with van der Waals surface area (Å²) in [5.74, 6) is 0.628. The van der Waals surface area contributed by atoms with Gasteiger partial charge in [-0.15, -0.1) is 0 Å². The Bertz CT molecular complexity index is 291. The average molecular weight is 258 g/mol. The monoisotopic (exact) mass is 258 g/mol. The Morgan fingerprint density at radius 1 is 1.22 bits per heavy atom. The third-order valence-corrected chi connectivity index (χ3v) is 3.05. The van der Waals surface area contributed by atoms with E-state index in [-0.39, 0.29) is 12.6 Å². The summed E-state index contributed by atoms with van der Waals surface area (Å²) in [6.45, 7) is 10.5. The van der Waals surface area contributed by atoms with E-state index in [0.717, 1.165) is 6.42 Å². The molecule has 106 valence electrons. The molecule has 0 amide bonds. The summed E-state index contributed by atoms with van der Waals surface area (Å²) in [6.07, 6.45) is 1.03. The van der Waals surface area contributed by atoms with Crippen LogP contribution in [0.15, 0.2) is 0 Å². The van der Waals surface area contributed by atoms with Gasteiger partial charge >= 0.3 is 5.97 Å². The van der Waals surface area contributed by atoms with Crippen LogP contribution in [0.5, 0.6) is 0 Å². The summed E-state index contributed by atoms with van der Waals surface area (Å²) in [4.78, 5) is 12.0. The van der Waals surface area contributed by atoms with Crippen molar-refractivity contribution in [3.05, 3.63) is 0 Å². The molecule has 2 atom stereocenters. The highest BCUT2D eigenvalue weighted by Crippen LogP contribution is 2.38. The van der Waals surface area contributed by atoms with Gasteiger partial charge in [0, 0.05) is 13.2 Å². The molecule has 4 heteroatoms. The molecule has 1 aliphatic rings. The first-order valence-electron chi connectivity index (χ1n) is 6.58. The molecular formula is C14H26O4. The quantitative estimate of drug-likeness (QED) is 0.740. The predicted octanol–water partition coefficient (Wildman–Crippen LogP) is 2.00. The highest BCUT2D eigenvalue weighted by Gasteiger charge is 2.38. The third kappa shape index (κ3) is 4.94. The van der Waals surface area contributed by atoms with E-state index in [1.807, 2.05) is 34.6 Å². The lowest BCUT2D eigenvalue weighted by Crippen LogP contribution is -2.37. The zero-order chi connectivity index (χ0) is 14.0. The van der Waals surface area contributed by atoms with Gasteiger partial charge in [0.05, 0.1) is 12.0 Å². The Kier molecular flexibility index (Phi) is 4.78. The maximum Gasteiger partial charge on any atom is 0.314 e. The number of aliphatic hydroxyl groups excluding tert-OH is 1. The van der Waals surface area contributed by atoms with Crippen molar-refractivity contribution < 1.29 is 19.4 Å². The van der Waals surface area contributed by atoms with Crippen LogP contribution in [0.3, 0.4) is 0 Å². The fourth-order valence-electron chi connectivity index (χ4n) is 1.68. The Morgan fingerprint density at radius 2 is 1.83 bits per heavy atom. The normalized spacial score (nSPS) is 23.9. The minimum atomic E-state index is -0.628. The molecular weight excluding hydrogens is 232 g/mol. The molecule has 0 aliphatic heterocycles. The number of carbonyl (C=O) groups excluding carboxylic acids is 1. The second kappa shape index (κ2) is 5.57. The van der Waals surface area contributed by atoms with Gasteiger partial charge in [0.15, 0.2) is 0 Å². The molecule has 1 aliphatic carbocycles. The van der Waals surface area contributed by atoms with E-state index in [9.17, 15) is 4.79 Å². The van der Waals surface area contributed by atoms with Gasteiger partial charge in [-0.2, -0.15) is 0 Å². The van der Waals surface area contributed by atoms with Gasteiger partial charge in [0.25, 0.3) is 0 Å². The minimum absolute atomic E-state index is 0.232. The van der Waals surface area contributed by atoms with Crippen LogP contribution in [0.25, 0.3) is 0 Å². The molecule has 4 nitrogen and oxygen atoms in total. The number of hydrogen-bond donors (Lipinski definition) is 1. The highest BCUT2D eigenvalue weighted by molar-refractivity contribution is 5.76. The van der Waals surface area contributed by atoms with Gasteiger partial charge in [0.1, 0.15) is 5.60 Å². The fraction of sp³-hybridized carbons (Fsp3) is 0.929. The summed E-state index contributed by atoms with van der Waals surface area (Å²) < 4.78 is 10.9. The number of carbonyl (C=O) groups is 1. The van der Waals surface area contributed by atoms with Crippen LogP contribution in [-0.4, -0.2) is 36.5 Å². The smallest absolute Gasteiger partial charge is 0.314 e. The van der Waals surface area contributed by atoms with E-state index < -0.39 is 11.0 Å². The molecule has 0 saturated heterocycles. The van der Waals surface area contributed by atoms with Crippen LogP contribution in [-0.2, 0) is 14.3 Å². The van der Waals surface area contributed by atoms with Gasteiger partial charge in [-0.1, -0.05) is 0 Å². The first kappa shape index (κ1) is 15.4. The fourth-order valence-corrected chi connectivity index (χ4v) is 1.68. The Balaban J connectivity index is 2.28. The Hall–Kier alpha value is -0.610. The molecule has 0 aromatic heterocycles. The lowest BCUT2D eigenvalue weighted by molar-refractivity contribution is -0.169. The molecule has 0 radical (unpaired) electrons. The van der Waals surface area contributed by atoms with Crippen LogP contribution in [0.1, 0.15) is 41.0 Å². The van der Waals surface area contributed by atoms with E-state index >= 15 is 0 Å². The third-order valence-electron chi connectivity index (χ3n) is 3.05. The molecule has 0 aromatic rings. The number of hydrogen-bond acceptors (Lipinski definition) is 4. The van der Waals surface area contributed by atoms with Crippen molar-refractivity contribution >= 4 is 5.97 Å². The van der Waals surface area contributed by atoms with E-state index in [1.54, 1.807) is 0 Å². The molecule has 0 spiro atoms. The number of aliphatic hydroxyl groups is 1. The second-order valence-corrected chi connectivity index (χ2v) is 6.84. The standard InChI is InChI=1S/C14H26O4/c1-13(2,3)18-12(16)14(4,5)9-17-8-11-6-10(11)7-15/h10-11,15H,6-9H2,1-5H3/t10-,11+/m1/s1. The lowest BCUT2D eigenvalue weighted by Gasteiger charge is -2.28. The Morgan fingerprint density at radius 3 is 2.28 bits per heavy atom. The molecule has 0 unspecified atom stereocenters. The average Bonchev–Trinajstić information content (AvgIpc) is 2.93. The molecule has 1 fully saturated rings. The molecule has 0 heterocycles. The highest BCUT2D eigenvalue weighted by atomic mass is 16.6. The summed E-state index contributed by atoms with van der Waals surface area (Å²) in [5.41, 5.74) is -1.09. The van der Waals surface area contributed by atoms with Crippen molar-refractivity contribution in [3.63, 3.8) is 0 Å². The maximum atomic E-state index is 12.0. The van der Waals surface area contributed by atoms with E-state index in [2.05, 4.69) is 0 Å². The molecule has 1 rings (SSSR count). The molecule has 1 N–H and O–H groups in total. The Labute approximate surface area is 110 Å². The van der Waals surface area contributed by atoms with E-state index in [0.29, 0.717) is 25.0 Å². The summed E-state index contributed by atoms with van der Waals surface area (Å²) in [6, 6.07) is 0. The molecule has 18 heavy (non-hydrogen) atoms. The van der Waals surface area contributed by atoms with Crippen LogP contribution in [0.4, 0.5) is 0 Å². The largest absolute Gasteiger partial charge is 0.459 e. The minimum Gasteiger partial charge on any atom is -0.459 e. The summed E-state index contributed by atoms with van der Waals surface area (Å²) >= 11 is 0. The SMILES string of the molecule is CC(C)(C)OC(=O)C(C)(C)COC[C@@H]1C[C@@H]1CO. The number of ether oxygens (including phenoxy) is 2. The van der Waals surface area contributed by atoms with Crippen LogP contribution in [0, 0.1) is 17.3 Å². The van der Waals surface area contributed by atoms with Crippen molar-refractivity contribution in [2.45, 2.75) is 46.6 Å². The number of rotatable bonds is 6. The van der Waals surface area contributed by atoms with Crippen LogP contribution < -0.4 is 0 Å². The first-order chi connectivity index (χ1) is 8.15. The van der Waals surface area contributed by atoms with Crippen LogP contribution >= 0.6 is 0 Å². The summed E-state index contributed by atoms with van der Waals surface area (Å²) in [7, 11) is 0. The van der Waals surface area contributed by atoms with Crippen molar-refractivity contribution in [2.24, 2.45) is 17.3 Å². The van der Waals surface area contributed by atoms with Gasteiger partial charge in [-0.3, -0.25) is 4.79 Å². The summed E-state index contributed by atoms with van der Waals surface area (Å²) in [5, 5.41) is 8.92. The van der Waals surface area contributed by atoms with Gasteiger partial charge in [-0.05, 0) is 52.9 Å². The van der Waals surface area contributed by atoms with Gasteiger partial charge in [0.2, 0.25) is 0 Å². The van der Waals surface area contributed by atoms with Crippen molar-refractivity contribution in [1.82, 2.24) is 0 Å². The second-order valence-electron chi connectivity index (χ2n) is 6.84. The number of esters is 1. The van der Waals surface area contributed by atoms with Crippen LogP contribution in [0.2, 0.25) is 0 Å². The zero-order valence-electron chi connectivity index (χ0n) is 12.2. The maximum absolute atomic E-state index is 12.0. The molecule has 1 saturated carbocycles. The van der Waals surface area contributed by atoms with Crippen molar-refractivity contribution in [1.29, 1.82) is 0 Å². The van der Waals surface area contributed by atoms with Crippen molar-refractivity contribution in [3.8, 4) is 0 Å². The lowest BCUT2D eigenvalue weighted by atomic mass is 9.94. The van der Waals surface area contributed by atoms with Crippen molar-refractivity contribution in [2.75, 3.05) is 19.8 Å². The predicted molar refractivity (Wildman–Crippen MR) is 69.1 cm³/mol. The molecule has 0 aromatic carbocycles. The first-order valence-corrected chi connectivity index (χ1v) is 6.58. The topological polar surface area (TPSA) is 55.8 Å². The van der Waals surface area contributed by atoms with E-state index in [1.165, 1.54) is 0 Å².